The zero-order chi connectivity index (χ0) is 18.8. The summed E-state index contributed by atoms with van der Waals surface area (Å²) in [5.41, 5.74) is 3.65. The number of hydrogen-bond acceptors (Lipinski definition) is 4. The van der Waals surface area contributed by atoms with Crippen LogP contribution in [-0.4, -0.2) is 64.1 Å². The number of imidazole rings is 1. The molecular formula is C20H25N5O2. The summed E-state index contributed by atoms with van der Waals surface area (Å²) in [6.45, 7) is 3.19. The molecule has 27 heavy (non-hydrogen) atoms. The fourth-order valence-electron chi connectivity index (χ4n) is 3.66. The molecule has 0 bridgehead atoms. The molecule has 4 rings (SSSR count). The minimum absolute atomic E-state index is 0.0207. The lowest BCUT2D eigenvalue weighted by Crippen LogP contribution is -2.39. The molecule has 0 saturated heterocycles. The molecule has 1 N–H and O–H groups in total. The Labute approximate surface area is 158 Å². The number of carbonyl (C=O) groups excluding carboxylic acids is 1. The molecule has 0 fully saturated rings. The second-order valence-corrected chi connectivity index (χ2v) is 7.28. The van der Waals surface area contributed by atoms with Gasteiger partial charge in [0, 0.05) is 57.0 Å². The SMILES string of the molecule is CN(C)C(=O)COC[C@@H]1CN(Cc2cccc3[nH]ccc23)Cc2cncn21. The van der Waals surface area contributed by atoms with Crippen molar-refractivity contribution in [3.8, 4) is 0 Å². The van der Waals surface area contributed by atoms with E-state index in [4.69, 9.17) is 4.74 Å². The molecule has 3 aromatic rings. The number of rotatable bonds is 6. The summed E-state index contributed by atoms with van der Waals surface area (Å²) in [5.74, 6) is -0.0207. The van der Waals surface area contributed by atoms with E-state index >= 15 is 0 Å². The molecule has 0 aliphatic carbocycles. The number of H-pyrrole nitrogens is 1. The average Bonchev–Trinajstić information content (AvgIpc) is 3.30. The number of benzene rings is 1. The molecule has 7 nitrogen and oxygen atoms in total. The van der Waals surface area contributed by atoms with Crippen molar-refractivity contribution in [2.45, 2.75) is 19.1 Å². The first kappa shape index (κ1) is 17.8. The average molecular weight is 367 g/mol. The molecule has 7 heteroatoms. The van der Waals surface area contributed by atoms with Gasteiger partial charge in [0.1, 0.15) is 6.61 Å². The van der Waals surface area contributed by atoms with Crippen molar-refractivity contribution in [1.29, 1.82) is 0 Å². The summed E-state index contributed by atoms with van der Waals surface area (Å²) in [7, 11) is 3.48. The van der Waals surface area contributed by atoms with Gasteiger partial charge in [0.15, 0.2) is 0 Å². The highest BCUT2D eigenvalue weighted by Crippen LogP contribution is 2.25. The molecule has 2 aromatic heterocycles. The zero-order valence-electron chi connectivity index (χ0n) is 15.8. The van der Waals surface area contributed by atoms with Crippen molar-refractivity contribution in [2.75, 3.05) is 33.9 Å². The monoisotopic (exact) mass is 367 g/mol. The molecular weight excluding hydrogens is 342 g/mol. The van der Waals surface area contributed by atoms with Crippen LogP contribution in [-0.2, 0) is 22.6 Å². The van der Waals surface area contributed by atoms with Gasteiger partial charge in [-0.15, -0.1) is 0 Å². The highest BCUT2D eigenvalue weighted by molar-refractivity contribution is 5.82. The smallest absolute Gasteiger partial charge is 0.248 e. The van der Waals surface area contributed by atoms with Crippen LogP contribution in [0.1, 0.15) is 17.3 Å². The Bertz CT molecular complexity index is 929. The fourth-order valence-corrected chi connectivity index (χ4v) is 3.66. The largest absolute Gasteiger partial charge is 0.369 e. The van der Waals surface area contributed by atoms with Crippen molar-refractivity contribution >= 4 is 16.8 Å². The molecule has 0 saturated carbocycles. The van der Waals surface area contributed by atoms with Crippen LogP contribution >= 0.6 is 0 Å². The van der Waals surface area contributed by atoms with Crippen LogP contribution in [0.3, 0.4) is 0 Å². The minimum atomic E-state index is -0.0207. The number of nitrogens with zero attached hydrogens (tertiary/aromatic N) is 4. The Morgan fingerprint density at radius 1 is 1.37 bits per heavy atom. The van der Waals surface area contributed by atoms with Gasteiger partial charge in [-0.1, -0.05) is 12.1 Å². The summed E-state index contributed by atoms with van der Waals surface area (Å²) < 4.78 is 7.88. The van der Waals surface area contributed by atoms with E-state index in [0.717, 1.165) is 25.2 Å². The molecule has 1 aliphatic rings. The van der Waals surface area contributed by atoms with E-state index in [-0.39, 0.29) is 18.6 Å². The first-order valence-electron chi connectivity index (χ1n) is 9.18. The van der Waals surface area contributed by atoms with Gasteiger partial charge in [0.25, 0.3) is 0 Å². The topological polar surface area (TPSA) is 66.4 Å². The molecule has 1 amide bonds. The summed E-state index contributed by atoms with van der Waals surface area (Å²) >= 11 is 0. The quantitative estimate of drug-likeness (QED) is 0.724. The Kier molecular flexibility index (Phi) is 4.96. The van der Waals surface area contributed by atoms with Gasteiger partial charge in [0.2, 0.25) is 5.91 Å². The lowest BCUT2D eigenvalue weighted by Gasteiger charge is -2.34. The highest BCUT2D eigenvalue weighted by Gasteiger charge is 2.25. The number of hydrogen-bond donors (Lipinski definition) is 1. The van der Waals surface area contributed by atoms with E-state index in [1.54, 1.807) is 19.0 Å². The van der Waals surface area contributed by atoms with Crippen LogP contribution in [0, 0.1) is 0 Å². The molecule has 0 spiro atoms. The standard InChI is InChI=1S/C20H25N5O2/c1-23(2)20(26)13-27-12-17-11-24(10-16-8-21-14-25(16)17)9-15-4-3-5-19-18(15)6-7-22-19/h3-8,14,17,22H,9-13H2,1-2H3/t17-/m0/s1. The molecule has 142 valence electrons. The van der Waals surface area contributed by atoms with E-state index in [1.807, 2.05) is 18.7 Å². The third-order valence-electron chi connectivity index (χ3n) is 5.11. The van der Waals surface area contributed by atoms with Crippen molar-refractivity contribution in [3.63, 3.8) is 0 Å². The van der Waals surface area contributed by atoms with Gasteiger partial charge in [-0.25, -0.2) is 4.98 Å². The van der Waals surface area contributed by atoms with Gasteiger partial charge in [0.05, 0.1) is 24.7 Å². The lowest BCUT2D eigenvalue weighted by molar-refractivity contribution is -0.134. The fraction of sp³-hybridized carbons (Fsp3) is 0.400. The molecule has 1 aromatic carbocycles. The summed E-state index contributed by atoms with van der Waals surface area (Å²) in [5, 5.41) is 1.26. The number of nitrogens with one attached hydrogen (secondary N) is 1. The Morgan fingerprint density at radius 2 is 2.26 bits per heavy atom. The number of aromatic amines is 1. The van der Waals surface area contributed by atoms with Gasteiger partial charge >= 0.3 is 0 Å². The van der Waals surface area contributed by atoms with Crippen molar-refractivity contribution in [2.24, 2.45) is 0 Å². The van der Waals surface area contributed by atoms with Crippen LogP contribution < -0.4 is 0 Å². The molecule has 3 heterocycles. The molecule has 0 unspecified atom stereocenters. The van der Waals surface area contributed by atoms with E-state index in [9.17, 15) is 4.79 Å². The second kappa shape index (κ2) is 7.54. The second-order valence-electron chi connectivity index (χ2n) is 7.28. The number of likely N-dealkylation sites (N-methyl/N-ethyl adjacent to an activating group) is 1. The van der Waals surface area contributed by atoms with Crippen LogP contribution in [0.4, 0.5) is 0 Å². The van der Waals surface area contributed by atoms with Gasteiger partial charge in [-0.3, -0.25) is 9.69 Å². The molecule has 0 radical (unpaired) electrons. The zero-order valence-corrected chi connectivity index (χ0v) is 15.8. The van der Waals surface area contributed by atoms with E-state index < -0.39 is 0 Å². The normalized spacial score (nSPS) is 17.2. The molecule has 1 atom stereocenters. The van der Waals surface area contributed by atoms with Gasteiger partial charge in [-0.2, -0.15) is 0 Å². The number of ether oxygens (including phenoxy) is 1. The lowest BCUT2D eigenvalue weighted by atomic mass is 10.1. The van der Waals surface area contributed by atoms with E-state index in [1.165, 1.54) is 16.6 Å². The van der Waals surface area contributed by atoms with Crippen LogP contribution in [0.5, 0.6) is 0 Å². The highest BCUT2D eigenvalue weighted by atomic mass is 16.5. The van der Waals surface area contributed by atoms with Crippen molar-refractivity contribution in [1.82, 2.24) is 24.3 Å². The Morgan fingerprint density at radius 3 is 3.11 bits per heavy atom. The maximum Gasteiger partial charge on any atom is 0.248 e. The van der Waals surface area contributed by atoms with E-state index in [2.05, 4.69) is 43.7 Å². The predicted octanol–water partition coefficient (Wildman–Crippen LogP) is 2.03. The summed E-state index contributed by atoms with van der Waals surface area (Å²) in [6, 6.07) is 8.66. The maximum atomic E-state index is 11.8. The van der Waals surface area contributed by atoms with Crippen LogP contribution in [0.2, 0.25) is 0 Å². The first-order valence-corrected chi connectivity index (χ1v) is 9.18. The van der Waals surface area contributed by atoms with Crippen LogP contribution in [0.25, 0.3) is 10.9 Å². The van der Waals surface area contributed by atoms with E-state index in [0.29, 0.717) is 6.61 Å². The number of fused-ring (bicyclic) bond motifs is 2. The minimum Gasteiger partial charge on any atom is -0.369 e. The number of aromatic nitrogens is 3. The van der Waals surface area contributed by atoms with Crippen LogP contribution in [0.15, 0.2) is 43.0 Å². The van der Waals surface area contributed by atoms with Crippen molar-refractivity contribution in [3.05, 3.63) is 54.2 Å². The summed E-state index contributed by atoms with van der Waals surface area (Å²) in [6.07, 6.45) is 5.76. The third-order valence-corrected chi connectivity index (χ3v) is 5.11. The first-order chi connectivity index (χ1) is 13.1. The Balaban J connectivity index is 1.46. The number of carbonyl (C=O) groups is 1. The Hall–Kier alpha value is -2.64. The summed E-state index contributed by atoms with van der Waals surface area (Å²) in [4.78, 5) is 23.3. The van der Waals surface area contributed by atoms with Crippen molar-refractivity contribution < 1.29 is 9.53 Å². The third kappa shape index (κ3) is 3.74. The maximum absolute atomic E-state index is 11.8. The predicted molar refractivity (Wildman–Crippen MR) is 103 cm³/mol. The molecule has 1 aliphatic heterocycles. The van der Waals surface area contributed by atoms with Gasteiger partial charge in [-0.05, 0) is 17.7 Å². The number of amides is 1. The van der Waals surface area contributed by atoms with Gasteiger partial charge < -0.3 is 19.2 Å².